The van der Waals surface area contributed by atoms with Crippen molar-refractivity contribution in [2.75, 3.05) is 24.3 Å². The predicted octanol–water partition coefficient (Wildman–Crippen LogP) is 4.24. The van der Waals surface area contributed by atoms with E-state index in [1.165, 1.54) is 11.8 Å². The number of anilines is 1. The molecule has 3 aromatic rings. The van der Waals surface area contributed by atoms with E-state index in [4.69, 9.17) is 21.1 Å². The zero-order chi connectivity index (χ0) is 19.5. The second-order valence-corrected chi connectivity index (χ2v) is 7.67. The zero-order valence-corrected chi connectivity index (χ0v) is 16.7. The molecule has 0 atom stereocenters. The lowest BCUT2D eigenvalue weighted by atomic mass is 10.1. The summed E-state index contributed by atoms with van der Waals surface area (Å²) < 4.78 is 12.7. The third kappa shape index (κ3) is 4.26. The summed E-state index contributed by atoms with van der Waals surface area (Å²) in [6.07, 6.45) is 0. The highest BCUT2D eigenvalue weighted by Crippen LogP contribution is 2.34. The number of halogens is 1. The van der Waals surface area contributed by atoms with Gasteiger partial charge in [0.15, 0.2) is 11.5 Å². The lowest BCUT2D eigenvalue weighted by molar-refractivity contribution is -0.113. The van der Waals surface area contributed by atoms with Gasteiger partial charge in [0.05, 0.1) is 11.4 Å². The normalized spacial score (nSPS) is 12.6. The van der Waals surface area contributed by atoms with E-state index >= 15 is 0 Å². The number of nitrogens with one attached hydrogen (secondary N) is 1. The number of carbonyl (C=O) groups is 1. The number of hydrogen-bond acceptors (Lipinski definition) is 5. The average Bonchev–Trinajstić information content (AvgIpc) is 3.07. The van der Waals surface area contributed by atoms with Crippen LogP contribution in [0.4, 0.5) is 5.82 Å². The first kappa shape index (κ1) is 18.7. The zero-order valence-electron chi connectivity index (χ0n) is 15.1. The fourth-order valence-electron chi connectivity index (χ4n) is 2.79. The van der Waals surface area contributed by atoms with Crippen LogP contribution in [0.5, 0.6) is 11.5 Å². The number of aryl methyl sites for hydroxylation is 1. The van der Waals surface area contributed by atoms with Crippen molar-refractivity contribution in [3.8, 4) is 22.8 Å². The van der Waals surface area contributed by atoms with E-state index in [0.717, 1.165) is 27.7 Å². The molecule has 1 amide bonds. The van der Waals surface area contributed by atoms with E-state index in [2.05, 4.69) is 10.4 Å². The molecule has 1 aromatic heterocycles. The minimum absolute atomic E-state index is 0.106. The molecule has 1 N–H and O–H groups in total. The van der Waals surface area contributed by atoms with Gasteiger partial charge in [-0.2, -0.15) is 5.10 Å². The molecule has 4 rings (SSSR count). The molecule has 144 valence electrons. The maximum absolute atomic E-state index is 12.4. The molecule has 0 saturated carbocycles. The number of rotatable bonds is 5. The minimum Gasteiger partial charge on any atom is -0.486 e. The van der Waals surface area contributed by atoms with Crippen LogP contribution in [0.25, 0.3) is 11.3 Å². The van der Waals surface area contributed by atoms with Crippen LogP contribution >= 0.6 is 23.4 Å². The van der Waals surface area contributed by atoms with Crippen LogP contribution in [-0.2, 0) is 11.8 Å². The van der Waals surface area contributed by atoms with E-state index in [-0.39, 0.29) is 11.7 Å². The Morgan fingerprint density at radius 2 is 1.89 bits per heavy atom. The smallest absolute Gasteiger partial charge is 0.235 e. The van der Waals surface area contributed by atoms with Crippen molar-refractivity contribution in [3.05, 3.63) is 53.6 Å². The molecule has 1 aliphatic heterocycles. The third-order valence-electron chi connectivity index (χ3n) is 4.17. The Kier molecular flexibility index (Phi) is 5.45. The quantitative estimate of drug-likeness (QED) is 0.631. The third-order valence-corrected chi connectivity index (χ3v) is 5.42. The Labute approximate surface area is 171 Å². The van der Waals surface area contributed by atoms with Gasteiger partial charge in [0.1, 0.15) is 19.0 Å². The first-order valence-corrected chi connectivity index (χ1v) is 10.1. The molecule has 1 aliphatic rings. The van der Waals surface area contributed by atoms with Crippen molar-refractivity contribution >= 4 is 35.1 Å². The van der Waals surface area contributed by atoms with Gasteiger partial charge in [0, 0.05) is 28.6 Å². The van der Waals surface area contributed by atoms with E-state index < -0.39 is 0 Å². The van der Waals surface area contributed by atoms with Gasteiger partial charge < -0.3 is 14.8 Å². The van der Waals surface area contributed by atoms with Crippen LogP contribution in [-0.4, -0.2) is 34.7 Å². The summed E-state index contributed by atoms with van der Waals surface area (Å²) in [5, 5.41) is 8.03. The number of ether oxygens (including phenoxy) is 2. The van der Waals surface area contributed by atoms with Crippen molar-refractivity contribution in [2.45, 2.75) is 4.90 Å². The number of aromatic nitrogens is 2. The van der Waals surface area contributed by atoms with Gasteiger partial charge in [-0.3, -0.25) is 9.48 Å². The van der Waals surface area contributed by atoms with Gasteiger partial charge in [-0.1, -0.05) is 23.7 Å². The van der Waals surface area contributed by atoms with Crippen molar-refractivity contribution in [1.29, 1.82) is 0 Å². The maximum atomic E-state index is 12.4. The average molecular weight is 416 g/mol. The van der Waals surface area contributed by atoms with Crippen LogP contribution in [0, 0.1) is 0 Å². The number of nitrogens with zero attached hydrogens (tertiary/aromatic N) is 2. The molecule has 2 aromatic carbocycles. The highest BCUT2D eigenvalue weighted by molar-refractivity contribution is 8.00. The first-order chi connectivity index (χ1) is 13.6. The summed E-state index contributed by atoms with van der Waals surface area (Å²) in [4.78, 5) is 13.3. The molecular formula is C20H18ClN3O3S. The number of amides is 1. The summed E-state index contributed by atoms with van der Waals surface area (Å²) >= 11 is 7.37. The van der Waals surface area contributed by atoms with Crippen molar-refractivity contribution in [2.24, 2.45) is 7.05 Å². The maximum Gasteiger partial charge on any atom is 0.235 e. The van der Waals surface area contributed by atoms with Crippen LogP contribution < -0.4 is 14.8 Å². The molecule has 28 heavy (non-hydrogen) atoms. The lowest BCUT2D eigenvalue weighted by Gasteiger charge is -2.18. The Morgan fingerprint density at radius 3 is 2.68 bits per heavy atom. The monoisotopic (exact) mass is 415 g/mol. The Morgan fingerprint density at radius 1 is 1.14 bits per heavy atom. The summed E-state index contributed by atoms with van der Waals surface area (Å²) in [6, 6.07) is 15.0. The van der Waals surface area contributed by atoms with Gasteiger partial charge in [-0.05, 0) is 30.3 Å². The van der Waals surface area contributed by atoms with E-state index in [1.54, 1.807) is 11.7 Å². The Balaban J connectivity index is 1.38. The second-order valence-electron chi connectivity index (χ2n) is 6.19. The predicted molar refractivity (Wildman–Crippen MR) is 110 cm³/mol. The largest absolute Gasteiger partial charge is 0.486 e. The number of carbonyl (C=O) groups excluding carboxylic acids is 1. The van der Waals surface area contributed by atoms with Crippen LogP contribution in [0.15, 0.2) is 53.4 Å². The van der Waals surface area contributed by atoms with Crippen LogP contribution in [0.3, 0.4) is 0 Å². The summed E-state index contributed by atoms with van der Waals surface area (Å²) in [7, 11) is 1.79. The highest BCUT2D eigenvalue weighted by atomic mass is 35.5. The molecule has 0 bridgehead atoms. The lowest BCUT2D eigenvalue weighted by Crippen LogP contribution is -2.16. The molecule has 0 fully saturated rings. The topological polar surface area (TPSA) is 65.4 Å². The number of thioether (sulfide) groups is 1. The number of hydrogen-bond donors (Lipinski definition) is 1. The second kappa shape index (κ2) is 8.16. The molecule has 0 spiro atoms. The highest BCUT2D eigenvalue weighted by Gasteiger charge is 2.14. The molecule has 0 saturated heterocycles. The Bertz CT molecular complexity index is 1000. The van der Waals surface area contributed by atoms with Gasteiger partial charge >= 0.3 is 0 Å². The fourth-order valence-corrected chi connectivity index (χ4v) is 3.64. The first-order valence-electron chi connectivity index (χ1n) is 8.71. The molecule has 8 heteroatoms. The van der Waals surface area contributed by atoms with Crippen molar-refractivity contribution in [1.82, 2.24) is 9.78 Å². The number of benzene rings is 2. The number of fused-ring (bicyclic) bond motifs is 1. The van der Waals surface area contributed by atoms with Crippen molar-refractivity contribution < 1.29 is 14.3 Å². The molecule has 2 heterocycles. The van der Waals surface area contributed by atoms with E-state index in [1.807, 2.05) is 48.5 Å². The van der Waals surface area contributed by atoms with Gasteiger partial charge in [0.25, 0.3) is 0 Å². The molecule has 6 nitrogen and oxygen atoms in total. The van der Waals surface area contributed by atoms with Gasteiger partial charge in [-0.25, -0.2) is 0 Å². The van der Waals surface area contributed by atoms with Crippen LogP contribution in [0.2, 0.25) is 5.02 Å². The Hall–Kier alpha value is -2.64. The fraction of sp³-hybridized carbons (Fsp3) is 0.200. The SMILES string of the molecule is Cn1nc(-c2ccc(Cl)cc2)cc1NC(=O)CSc1ccc2c(c1)OCCO2. The summed E-state index contributed by atoms with van der Waals surface area (Å²) in [5.41, 5.74) is 1.71. The molecule has 0 aliphatic carbocycles. The van der Waals surface area contributed by atoms with E-state index in [0.29, 0.717) is 24.1 Å². The standard InChI is InChI=1S/C20H18ClN3O3S/c1-24-19(11-16(23-24)13-2-4-14(21)5-3-13)22-20(25)12-28-15-6-7-17-18(10-15)27-9-8-26-17/h2-7,10-11H,8-9,12H2,1H3,(H,22,25). The summed E-state index contributed by atoms with van der Waals surface area (Å²) in [5.74, 6) is 2.27. The van der Waals surface area contributed by atoms with E-state index in [9.17, 15) is 4.79 Å². The minimum atomic E-state index is -0.106. The van der Waals surface area contributed by atoms with Gasteiger partial charge in [0.2, 0.25) is 5.91 Å². The van der Waals surface area contributed by atoms with Gasteiger partial charge in [-0.15, -0.1) is 11.8 Å². The van der Waals surface area contributed by atoms with Crippen molar-refractivity contribution in [3.63, 3.8) is 0 Å². The summed E-state index contributed by atoms with van der Waals surface area (Å²) in [6.45, 7) is 1.10. The molecule has 0 radical (unpaired) electrons. The van der Waals surface area contributed by atoms with Crippen LogP contribution in [0.1, 0.15) is 0 Å². The molecule has 0 unspecified atom stereocenters. The molecular weight excluding hydrogens is 398 g/mol.